The van der Waals surface area contributed by atoms with E-state index < -0.39 is 0 Å². The van der Waals surface area contributed by atoms with Crippen LogP contribution in [0.3, 0.4) is 0 Å². The van der Waals surface area contributed by atoms with E-state index >= 15 is 0 Å². The summed E-state index contributed by atoms with van der Waals surface area (Å²) in [5.41, 5.74) is 0. The van der Waals surface area contributed by atoms with Crippen molar-refractivity contribution in [3.8, 4) is 11.6 Å². The number of aromatic nitrogens is 4. The summed E-state index contributed by atoms with van der Waals surface area (Å²) in [6.07, 6.45) is 8.44. The first-order valence-electron chi connectivity index (χ1n) is 4.85. The summed E-state index contributed by atoms with van der Waals surface area (Å²) < 4.78 is 2.14. The van der Waals surface area contributed by atoms with Gasteiger partial charge in [-0.15, -0.1) is 0 Å². The predicted octanol–water partition coefficient (Wildman–Crippen LogP) is 2.24. The van der Waals surface area contributed by atoms with Crippen LogP contribution in [-0.4, -0.2) is 19.5 Å². The first kappa shape index (κ1) is 8.99. The molecule has 0 bridgehead atoms. The van der Waals surface area contributed by atoms with Crippen LogP contribution in [0, 0.1) is 0 Å². The van der Waals surface area contributed by atoms with Gasteiger partial charge in [-0.3, -0.25) is 0 Å². The molecule has 0 spiro atoms. The van der Waals surface area contributed by atoms with E-state index in [0.29, 0.717) is 6.04 Å². The average molecular weight is 190 g/mol. The topological polar surface area (TPSA) is 46.5 Å². The standard InChI is InChI=1S/C10H14N4/c1-3-8(2)14-7-6-13-10(14)9-11-4-5-12-9/h4-8H,3H2,1-2H3,(H,11,12)/t8-/m0/s1. The lowest BCUT2D eigenvalue weighted by molar-refractivity contribution is 0.534. The molecule has 0 amide bonds. The number of hydrogen-bond acceptors (Lipinski definition) is 2. The highest BCUT2D eigenvalue weighted by Crippen LogP contribution is 2.18. The number of nitrogens with zero attached hydrogens (tertiary/aromatic N) is 3. The minimum atomic E-state index is 0.456. The van der Waals surface area contributed by atoms with Crippen LogP contribution in [0.5, 0.6) is 0 Å². The van der Waals surface area contributed by atoms with E-state index in [1.807, 2.05) is 18.6 Å². The second kappa shape index (κ2) is 3.65. The lowest BCUT2D eigenvalue weighted by Crippen LogP contribution is -2.05. The summed E-state index contributed by atoms with van der Waals surface area (Å²) in [7, 11) is 0. The molecule has 14 heavy (non-hydrogen) atoms. The fourth-order valence-electron chi connectivity index (χ4n) is 1.44. The van der Waals surface area contributed by atoms with Gasteiger partial charge in [-0.05, 0) is 13.3 Å². The minimum Gasteiger partial charge on any atom is -0.342 e. The van der Waals surface area contributed by atoms with E-state index in [1.54, 1.807) is 6.20 Å². The molecule has 0 aliphatic rings. The molecule has 0 radical (unpaired) electrons. The van der Waals surface area contributed by atoms with Crippen LogP contribution >= 0.6 is 0 Å². The summed E-state index contributed by atoms with van der Waals surface area (Å²) in [5.74, 6) is 1.74. The van der Waals surface area contributed by atoms with Crippen LogP contribution in [0.2, 0.25) is 0 Å². The van der Waals surface area contributed by atoms with Gasteiger partial charge in [0.2, 0.25) is 0 Å². The Hall–Kier alpha value is -1.58. The monoisotopic (exact) mass is 190 g/mol. The highest BCUT2D eigenvalue weighted by atomic mass is 15.1. The van der Waals surface area contributed by atoms with Crippen LogP contribution in [-0.2, 0) is 0 Å². The Balaban J connectivity index is 2.40. The molecule has 1 N–H and O–H groups in total. The molecular weight excluding hydrogens is 176 g/mol. The Labute approximate surface area is 83.0 Å². The van der Waals surface area contributed by atoms with Crippen molar-refractivity contribution in [2.24, 2.45) is 0 Å². The van der Waals surface area contributed by atoms with Crippen molar-refractivity contribution in [2.45, 2.75) is 26.3 Å². The number of H-pyrrole nitrogens is 1. The molecule has 4 nitrogen and oxygen atoms in total. The molecule has 0 aliphatic heterocycles. The highest BCUT2D eigenvalue weighted by molar-refractivity contribution is 5.43. The Morgan fingerprint density at radius 1 is 1.43 bits per heavy atom. The Kier molecular flexibility index (Phi) is 2.35. The molecule has 1 atom stereocenters. The van der Waals surface area contributed by atoms with Gasteiger partial charge in [0.05, 0.1) is 0 Å². The molecule has 2 heterocycles. The van der Waals surface area contributed by atoms with E-state index in [1.165, 1.54) is 0 Å². The van der Waals surface area contributed by atoms with E-state index in [9.17, 15) is 0 Å². The fraction of sp³-hybridized carbons (Fsp3) is 0.400. The Morgan fingerprint density at radius 3 is 2.93 bits per heavy atom. The maximum atomic E-state index is 4.30. The number of nitrogens with one attached hydrogen (secondary N) is 1. The summed E-state index contributed by atoms with van der Waals surface area (Å²) in [6, 6.07) is 0.456. The second-order valence-electron chi connectivity index (χ2n) is 3.35. The largest absolute Gasteiger partial charge is 0.342 e. The molecule has 0 unspecified atom stereocenters. The lowest BCUT2D eigenvalue weighted by atomic mass is 10.2. The van der Waals surface area contributed by atoms with Crippen LogP contribution in [0.25, 0.3) is 11.6 Å². The van der Waals surface area contributed by atoms with Crippen LogP contribution < -0.4 is 0 Å². The molecule has 0 fully saturated rings. The number of rotatable bonds is 3. The summed E-state index contributed by atoms with van der Waals surface area (Å²) in [4.78, 5) is 11.6. The first-order chi connectivity index (χ1) is 6.83. The normalized spacial score (nSPS) is 13.0. The molecule has 0 saturated carbocycles. The van der Waals surface area contributed by atoms with Gasteiger partial charge < -0.3 is 9.55 Å². The predicted molar refractivity (Wildman–Crippen MR) is 54.8 cm³/mol. The maximum Gasteiger partial charge on any atom is 0.176 e. The zero-order chi connectivity index (χ0) is 9.97. The molecule has 0 saturated heterocycles. The van der Waals surface area contributed by atoms with Crippen molar-refractivity contribution in [3.05, 3.63) is 24.8 Å². The van der Waals surface area contributed by atoms with Crippen LogP contribution in [0.1, 0.15) is 26.3 Å². The quantitative estimate of drug-likeness (QED) is 0.806. The van der Waals surface area contributed by atoms with Gasteiger partial charge in [0.1, 0.15) is 0 Å². The van der Waals surface area contributed by atoms with Gasteiger partial charge in [-0.2, -0.15) is 0 Å². The highest BCUT2D eigenvalue weighted by Gasteiger charge is 2.11. The lowest BCUT2D eigenvalue weighted by Gasteiger charge is -2.12. The molecule has 2 rings (SSSR count). The zero-order valence-electron chi connectivity index (χ0n) is 8.44. The van der Waals surface area contributed by atoms with Crippen molar-refractivity contribution in [3.63, 3.8) is 0 Å². The van der Waals surface area contributed by atoms with Crippen molar-refractivity contribution in [1.82, 2.24) is 19.5 Å². The third kappa shape index (κ3) is 1.43. The van der Waals surface area contributed by atoms with E-state index in [0.717, 1.165) is 18.1 Å². The number of aromatic amines is 1. The van der Waals surface area contributed by atoms with Crippen molar-refractivity contribution >= 4 is 0 Å². The third-order valence-electron chi connectivity index (χ3n) is 2.44. The fourth-order valence-corrected chi connectivity index (χ4v) is 1.44. The van der Waals surface area contributed by atoms with Gasteiger partial charge in [-0.25, -0.2) is 9.97 Å². The van der Waals surface area contributed by atoms with Crippen LogP contribution in [0.15, 0.2) is 24.8 Å². The molecule has 74 valence electrons. The van der Waals surface area contributed by atoms with Gasteiger partial charge in [-0.1, -0.05) is 6.92 Å². The molecule has 2 aromatic heterocycles. The van der Waals surface area contributed by atoms with Gasteiger partial charge >= 0.3 is 0 Å². The Morgan fingerprint density at radius 2 is 2.29 bits per heavy atom. The average Bonchev–Trinajstić information content (AvgIpc) is 2.85. The molecule has 4 heteroatoms. The smallest absolute Gasteiger partial charge is 0.176 e. The van der Waals surface area contributed by atoms with E-state index in [-0.39, 0.29) is 0 Å². The first-order valence-corrected chi connectivity index (χ1v) is 4.85. The van der Waals surface area contributed by atoms with Gasteiger partial charge in [0, 0.05) is 30.8 Å². The molecule has 0 aromatic carbocycles. The maximum absolute atomic E-state index is 4.30. The number of imidazole rings is 2. The van der Waals surface area contributed by atoms with E-state index in [4.69, 9.17) is 0 Å². The van der Waals surface area contributed by atoms with Gasteiger partial charge in [0.25, 0.3) is 0 Å². The number of hydrogen-bond donors (Lipinski definition) is 1. The minimum absolute atomic E-state index is 0.456. The van der Waals surface area contributed by atoms with Gasteiger partial charge in [0.15, 0.2) is 11.6 Å². The SMILES string of the molecule is CC[C@H](C)n1ccnc1-c1ncc[nH]1. The summed E-state index contributed by atoms with van der Waals surface area (Å²) in [5, 5.41) is 0. The zero-order valence-corrected chi connectivity index (χ0v) is 8.44. The molecular formula is C10H14N4. The van der Waals surface area contributed by atoms with E-state index in [2.05, 4.69) is 33.4 Å². The Bertz CT molecular complexity index is 388. The van der Waals surface area contributed by atoms with Crippen molar-refractivity contribution in [1.29, 1.82) is 0 Å². The van der Waals surface area contributed by atoms with Crippen molar-refractivity contribution < 1.29 is 0 Å². The third-order valence-corrected chi connectivity index (χ3v) is 2.44. The van der Waals surface area contributed by atoms with Crippen LogP contribution in [0.4, 0.5) is 0 Å². The van der Waals surface area contributed by atoms with Crippen molar-refractivity contribution in [2.75, 3.05) is 0 Å². The second-order valence-corrected chi connectivity index (χ2v) is 3.35. The molecule has 0 aliphatic carbocycles. The summed E-state index contributed by atoms with van der Waals surface area (Å²) >= 11 is 0. The summed E-state index contributed by atoms with van der Waals surface area (Å²) in [6.45, 7) is 4.34. The molecule has 2 aromatic rings.